The van der Waals surface area contributed by atoms with Gasteiger partial charge in [-0.3, -0.25) is 4.99 Å². The Kier molecular flexibility index (Phi) is 3.88. The number of hydrogen-bond acceptors (Lipinski definition) is 3. The standard InChI is InChI=1S/C5H10N2O/c1-7-3-5(2-6)4-8/h2-3,8H,4,6H2,1H3. The van der Waals surface area contributed by atoms with Crippen molar-refractivity contribution in [2.45, 2.75) is 0 Å². The molecule has 0 radical (unpaired) electrons. The van der Waals surface area contributed by atoms with Crippen LogP contribution in [-0.4, -0.2) is 25.0 Å². The molecule has 3 N–H and O–H groups in total. The molecule has 3 heteroatoms. The molecule has 0 aliphatic carbocycles. The summed E-state index contributed by atoms with van der Waals surface area (Å²) in [5, 5.41) is 8.42. The van der Waals surface area contributed by atoms with E-state index in [1.165, 1.54) is 12.4 Å². The lowest BCUT2D eigenvalue weighted by Gasteiger charge is -1.88. The van der Waals surface area contributed by atoms with Gasteiger partial charge >= 0.3 is 0 Å². The number of aliphatic hydroxyl groups is 1. The summed E-state index contributed by atoms with van der Waals surface area (Å²) < 4.78 is 0. The van der Waals surface area contributed by atoms with Crippen LogP contribution in [0.15, 0.2) is 16.8 Å². The molecule has 0 saturated heterocycles. The second-order valence-electron chi connectivity index (χ2n) is 1.29. The number of nitrogens with two attached hydrogens (primary N) is 1. The third-order valence-electron chi connectivity index (χ3n) is 0.692. The molecule has 46 valence electrons. The molecular formula is C5H10N2O. The van der Waals surface area contributed by atoms with Gasteiger partial charge in [-0.05, 0) is 0 Å². The van der Waals surface area contributed by atoms with Crippen LogP contribution < -0.4 is 5.73 Å². The Morgan fingerprint density at radius 3 is 2.62 bits per heavy atom. The quantitative estimate of drug-likeness (QED) is 0.476. The summed E-state index contributed by atoms with van der Waals surface area (Å²) in [6.45, 7) is -0.0478. The van der Waals surface area contributed by atoms with Gasteiger partial charge in [-0.15, -0.1) is 0 Å². The first-order valence-electron chi connectivity index (χ1n) is 2.29. The largest absolute Gasteiger partial charge is 0.404 e. The lowest BCUT2D eigenvalue weighted by molar-refractivity contribution is 0.337. The van der Waals surface area contributed by atoms with Gasteiger partial charge in [-0.25, -0.2) is 0 Å². The molecule has 0 heterocycles. The Morgan fingerprint density at radius 1 is 1.88 bits per heavy atom. The molecule has 0 spiro atoms. The van der Waals surface area contributed by atoms with Crippen LogP contribution in [0.3, 0.4) is 0 Å². The number of hydrogen-bond donors (Lipinski definition) is 2. The topological polar surface area (TPSA) is 58.6 Å². The highest BCUT2D eigenvalue weighted by Gasteiger charge is 1.83. The average molecular weight is 114 g/mol. The van der Waals surface area contributed by atoms with Gasteiger partial charge in [0.2, 0.25) is 0 Å². The van der Waals surface area contributed by atoms with E-state index in [4.69, 9.17) is 10.8 Å². The average Bonchev–Trinajstić information content (AvgIpc) is 1.83. The van der Waals surface area contributed by atoms with Crippen molar-refractivity contribution in [3.05, 3.63) is 11.8 Å². The Bertz CT molecular complexity index is 104. The fourth-order valence-corrected chi connectivity index (χ4v) is 0.302. The zero-order chi connectivity index (χ0) is 6.41. The minimum absolute atomic E-state index is 0.0478. The van der Waals surface area contributed by atoms with Crippen LogP contribution >= 0.6 is 0 Å². The van der Waals surface area contributed by atoms with Crippen molar-refractivity contribution in [3.8, 4) is 0 Å². The molecule has 8 heavy (non-hydrogen) atoms. The highest BCUT2D eigenvalue weighted by atomic mass is 16.3. The van der Waals surface area contributed by atoms with E-state index < -0.39 is 0 Å². The van der Waals surface area contributed by atoms with Crippen molar-refractivity contribution in [2.75, 3.05) is 13.7 Å². The van der Waals surface area contributed by atoms with Crippen molar-refractivity contribution >= 4 is 6.21 Å². The van der Waals surface area contributed by atoms with Gasteiger partial charge in [0, 0.05) is 25.0 Å². The van der Waals surface area contributed by atoms with E-state index in [2.05, 4.69) is 4.99 Å². The molecule has 0 atom stereocenters. The molecule has 0 fully saturated rings. The molecule has 0 unspecified atom stereocenters. The maximum atomic E-state index is 8.42. The van der Waals surface area contributed by atoms with Crippen molar-refractivity contribution in [1.29, 1.82) is 0 Å². The first-order chi connectivity index (χ1) is 3.85. The van der Waals surface area contributed by atoms with Gasteiger partial charge in [0.1, 0.15) is 0 Å². The fraction of sp³-hybridized carbons (Fsp3) is 0.400. The summed E-state index contributed by atoms with van der Waals surface area (Å²) in [6, 6.07) is 0. The molecule has 0 aromatic carbocycles. The summed E-state index contributed by atoms with van der Waals surface area (Å²) in [5.41, 5.74) is 5.69. The lowest BCUT2D eigenvalue weighted by Crippen LogP contribution is -1.95. The molecule has 0 amide bonds. The second kappa shape index (κ2) is 4.33. The minimum Gasteiger partial charge on any atom is -0.404 e. The maximum Gasteiger partial charge on any atom is 0.0710 e. The van der Waals surface area contributed by atoms with Crippen LogP contribution in [0.2, 0.25) is 0 Å². The van der Waals surface area contributed by atoms with E-state index in [0.717, 1.165) is 0 Å². The zero-order valence-electron chi connectivity index (χ0n) is 4.83. The first kappa shape index (κ1) is 7.17. The smallest absolute Gasteiger partial charge is 0.0710 e. The van der Waals surface area contributed by atoms with Crippen molar-refractivity contribution in [3.63, 3.8) is 0 Å². The van der Waals surface area contributed by atoms with Crippen LogP contribution in [-0.2, 0) is 0 Å². The highest BCUT2D eigenvalue weighted by molar-refractivity contribution is 5.78. The minimum atomic E-state index is -0.0478. The van der Waals surface area contributed by atoms with E-state index >= 15 is 0 Å². The number of rotatable bonds is 2. The van der Waals surface area contributed by atoms with Crippen molar-refractivity contribution in [1.82, 2.24) is 0 Å². The molecule has 0 aliphatic heterocycles. The monoisotopic (exact) mass is 114 g/mol. The number of nitrogens with zero attached hydrogens (tertiary/aromatic N) is 1. The van der Waals surface area contributed by atoms with Gasteiger partial charge < -0.3 is 10.8 Å². The Balaban J connectivity index is 3.72. The second-order valence-corrected chi connectivity index (χ2v) is 1.29. The van der Waals surface area contributed by atoms with Crippen LogP contribution in [0.1, 0.15) is 0 Å². The molecular weight excluding hydrogens is 104 g/mol. The van der Waals surface area contributed by atoms with Gasteiger partial charge in [0.05, 0.1) is 6.61 Å². The molecule has 0 saturated carbocycles. The normalized spacial score (nSPS) is 13.0. The Hall–Kier alpha value is -0.830. The Labute approximate surface area is 48.5 Å². The zero-order valence-corrected chi connectivity index (χ0v) is 4.83. The van der Waals surface area contributed by atoms with E-state index in [9.17, 15) is 0 Å². The van der Waals surface area contributed by atoms with Gasteiger partial charge in [0.25, 0.3) is 0 Å². The summed E-state index contributed by atoms with van der Waals surface area (Å²) >= 11 is 0. The first-order valence-corrected chi connectivity index (χ1v) is 2.29. The maximum absolute atomic E-state index is 8.42. The number of aliphatic imine (C=N–C) groups is 1. The van der Waals surface area contributed by atoms with Crippen molar-refractivity contribution in [2.24, 2.45) is 10.7 Å². The van der Waals surface area contributed by atoms with Crippen LogP contribution in [0.5, 0.6) is 0 Å². The summed E-state index contributed by atoms with van der Waals surface area (Å²) in [5.74, 6) is 0. The van der Waals surface area contributed by atoms with E-state index in [-0.39, 0.29) is 6.61 Å². The fourth-order valence-electron chi connectivity index (χ4n) is 0.302. The van der Waals surface area contributed by atoms with E-state index in [0.29, 0.717) is 5.57 Å². The van der Waals surface area contributed by atoms with E-state index in [1.54, 1.807) is 7.05 Å². The lowest BCUT2D eigenvalue weighted by atomic mass is 10.3. The molecule has 0 rings (SSSR count). The third kappa shape index (κ3) is 2.36. The van der Waals surface area contributed by atoms with Crippen LogP contribution in [0.25, 0.3) is 0 Å². The molecule has 0 aromatic heterocycles. The summed E-state index contributed by atoms with van der Waals surface area (Å²) in [4.78, 5) is 3.64. The predicted molar refractivity (Wildman–Crippen MR) is 33.8 cm³/mol. The van der Waals surface area contributed by atoms with Gasteiger partial charge in [-0.1, -0.05) is 0 Å². The van der Waals surface area contributed by atoms with Gasteiger partial charge in [-0.2, -0.15) is 0 Å². The SMILES string of the molecule is CN=CC(=CN)CO. The number of aliphatic hydroxyl groups excluding tert-OH is 1. The molecule has 0 aromatic rings. The van der Waals surface area contributed by atoms with Crippen molar-refractivity contribution < 1.29 is 5.11 Å². The van der Waals surface area contributed by atoms with Gasteiger partial charge in [0.15, 0.2) is 0 Å². The Morgan fingerprint density at radius 2 is 2.50 bits per heavy atom. The van der Waals surface area contributed by atoms with E-state index in [1.807, 2.05) is 0 Å². The highest BCUT2D eigenvalue weighted by Crippen LogP contribution is 1.81. The summed E-state index contributed by atoms with van der Waals surface area (Å²) in [6.07, 6.45) is 2.84. The molecule has 0 aliphatic rings. The molecule has 3 nitrogen and oxygen atoms in total. The third-order valence-corrected chi connectivity index (χ3v) is 0.692. The van der Waals surface area contributed by atoms with Crippen LogP contribution in [0.4, 0.5) is 0 Å². The molecule has 0 bridgehead atoms. The van der Waals surface area contributed by atoms with Crippen LogP contribution in [0, 0.1) is 0 Å². The summed E-state index contributed by atoms with van der Waals surface area (Å²) in [7, 11) is 1.62. The predicted octanol–water partition coefficient (Wildman–Crippen LogP) is -0.478.